The van der Waals surface area contributed by atoms with E-state index in [0.717, 1.165) is 24.8 Å². The SMILES string of the molecule is CCCCC(CC)(C(O)(c1ccccc1)C(C)(C)C)C(O)(C(C)(C)C)C(C)(C)C.OP(O)O. The van der Waals surface area contributed by atoms with Gasteiger partial charge in [-0.1, -0.05) is 119 Å². The second-order valence-electron chi connectivity index (χ2n) is 12.3. The average molecular weight is 487 g/mol. The predicted molar refractivity (Wildman–Crippen MR) is 139 cm³/mol. The zero-order valence-corrected chi connectivity index (χ0v) is 23.8. The van der Waals surface area contributed by atoms with Crippen LogP contribution in [0.2, 0.25) is 0 Å². The first-order chi connectivity index (χ1) is 14.7. The summed E-state index contributed by atoms with van der Waals surface area (Å²) in [6.45, 7) is 23.4. The van der Waals surface area contributed by atoms with Gasteiger partial charge in [-0.25, -0.2) is 0 Å². The summed E-state index contributed by atoms with van der Waals surface area (Å²) >= 11 is 0. The lowest BCUT2D eigenvalue weighted by molar-refractivity contribution is -0.310. The van der Waals surface area contributed by atoms with Gasteiger partial charge in [0.25, 0.3) is 0 Å². The van der Waals surface area contributed by atoms with Crippen LogP contribution in [0.1, 0.15) is 107 Å². The van der Waals surface area contributed by atoms with Crippen LogP contribution in [-0.4, -0.2) is 30.5 Å². The molecule has 194 valence electrons. The lowest BCUT2D eigenvalue weighted by Crippen LogP contribution is -2.72. The molecule has 0 amide bonds. The summed E-state index contributed by atoms with van der Waals surface area (Å²) in [7, 11) is -2.62. The molecule has 0 bridgehead atoms. The summed E-state index contributed by atoms with van der Waals surface area (Å²) < 4.78 is 0. The Balaban J connectivity index is 0.00000235. The van der Waals surface area contributed by atoms with Crippen molar-refractivity contribution in [3.8, 4) is 0 Å². The van der Waals surface area contributed by atoms with Crippen molar-refractivity contribution in [2.75, 3.05) is 0 Å². The second kappa shape index (κ2) is 11.5. The van der Waals surface area contributed by atoms with Crippen LogP contribution in [0.4, 0.5) is 0 Å². The van der Waals surface area contributed by atoms with Gasteiger partial charge >= 0.3 is 8.60 Å². The van der Waals surface area contributed by atoms with Crippen molar-refractivity contribution in [1.82, 2.24) is 0 Å². The van der Waals surface area contributed by atoms with Crippen molar-refractivity contribution in [2.24, 2.45) is 21.7 Å². The maximum atomic E-state index is 12.9. The third kappa shape index (κ3) is 6.18. The van der Waals surface area contributed by atoms with Gasteiger partial charge in [0, 0.05) is 5.41 Å². The predicted octanol–water partition coefficient (Wildman–Crippen LogP) is 6.52. The zero-order valence-electron chi connectivity index (χ0n) is 22.9. The molecule has 6 heteroatoms. The summed E-state index contributed by atoms with van der Waals surface area (Å²) in [6.07, 6.45) is 3.46. The molecule has 2 unspecified atom stereocenters. The Morgan fingerprint density at radius 2 is 1.09 bits per heavy atom. The van der Waals surface area contributed by atoms with Crippen molar-refractivity contribution in [1.29, 1.82) is 0 Å². The van der Waals surface area contributed by atoms with E-state index in [1.807, 2.05) is 30.3 Å². The van der Waals surface area contributed by atoms with Gasteiger partial charge in [-0.2, -0.15) is 0 Å². The summed E-state index contributed by atoms with van der Waals surface area (Å²) in [4.78, 5) is 21.7. The van der Waals surface area contributed by atoms with E-state index < -0.39 is 41.5 Å². The van der Waals surface area contributed by atoms with Crippen molar-refractivity contribution in [3.05, 3.63) is 35.9 Å². The lowest BCUT2D eigenvalue weighted by atomic mass is 9.40. The second-order valence-corrected chi connectivity index (χ2v) is 12.9. The lowest BCUT2D eigenvalue weighted by Gasteiger charge is -2.68. The minimum Gasteiger partial charge on any atom is -0.388 e. The normalized spacial score (nSPS) is 17.1. The molecule has 0 saturated carbocycles. The molecule has 1 aromatic carbocycles. The molecule has 1 rings (SSSR count). The molecule has 0 aliphatic rings. The molecule has 0 heterocycles. The van der Waals surface area contributed by atoms with Crippen molar-refractivity contribution in [3.63, 3.8) is 0 Å². The summed E-state index contributed by atoms with van der Waals surface area (Å²) in [5.41, 5.74) is -3.48. The zero-order chi connectivity index (χ0) is 26.5. The van der Waals surface area contributed by atoms with Crippen LogP contribution < -0.4 is 0 Å². The third-order valence-electron chi connectivity index (χ3n) is 7.39. The Morgan fingerprint density at radius 1 is 0.697 bits per heavy atom. The molecule has 0 aliphatic heterocycles. The number of rotatable bonds is 7. The van der Waals surface area contributed by atoms with Crippen LogP contribution in [0.5, 0.6) is 0 Å². The van der Waals surface area contributed by atoms with Crippen LogP contribution in [0, 0.1) is 21.7 Å². The highest BCUT2D eigenvalue weighted by Gasteiger charge is 2.71. The van der Waals surface area contributed by atoms with Gasteiger partial charge < -0.3 is 24.9 Å². The molecule has 0 radical (unpaired) electrons. The molecule has 0 aliphatic carbocycles. The van der Waals surface area contributed by atoms with E-state index in [1.165, 1.54) is 0 Å². The fourth-order valence-corrected chi connectivity index (χ4v) is 6.46. The topological polar surface area (TPSA) is 101 Å². The molecule has 33 heavy (non-hydrogen) atoms. The Hall–Kier alpha value is -0.550. The summed E-state index contributed by atoms with van der Waals surface area (Å²) in [5, 5.41) is 25.7. The first-order valence-corrected chi connectivity index (χ1v) is 13.3. The van der Waals surface area contributed by atoms with Crippen LogP contribution >= 0.6 is 8.60 Å². The maximum absolute atomic E-state index is 12.9. The molecular weight excluding hydrogens is 435 g/mol. The van der Waals surface area contributed by atoms with Crippen molar-refractivity contribution in [2.45, 2.75) is 113 Å². The Kier molecular flexibility index (Phi) is 11.3. The highest BCUT2D eigenvalue weighted by molar-refractivity contribution is 7.38. The van der Waals surface area contributed by atoms with Crippen molar-refractivity contribution >= 4 is 8.60 Å². The molecule has 0 aromatic heterocycles. The Morgan fingerprint density at radius 3 is 1.36 bits per heavy atom. The van der Waals surface area contributed by atoms with Crippen LogP contribution in [0.3, 0.4) is 0 Å². The monoisotopic (exact) mass is 486 g/mol. The molecule has 0 saturated heterocycles. The third-order valence-corrected chi connectivity index (χ3v) is 7.39. The van der Waals surface area contributed by atoms with Gasteiger partial charge in [0.15, 0.2) is 0 Å². The van der Waals surface area contributed by atoms with E-state index in [9.17, 15) is 10.2 Å². The fraction of sp³-hybridized carbons (Fsp3) is 0.778. The molecule has 1 aromatic rings. The van der Waals surface area contributed by atoms with Gasteiger partial charge in [-0.05, 0) is 34.7 Å². The van der Waals surface area contributed by atoms with Gasteiger partial charge in [-0.3, -0.25) is 0 Å². The number of benzene rings is 1. The number of hydrogen-bond donors (Lipinski definition) is 5. The van der Waals surface area contributed by atoms with Crippen LogP contribution in [0.15, 0.2) is 30.3 Å². The van der Waals surface area contributed by atoms with E-state index in [4.69, 9.17) is 14.7 Å². The van der Waals surface area contributed by atoms with E-state index in [0.29, 0.717) is 6.42 Å². The smallest absolute Gasteiger partial charge is 0.324 e. The molecule has 5 N–H and O–H groups in total. The highest BCUT2D eigenvalue weighted by atomic mass is 31.2. The average Bonchev–Trinajstić information content (AvgIpc) is 2.65. The minimum atomic E-state index is -2.62. The largest absolute Gasteiger partial charge is 0.388 e. The van der Waals surface area contributed by atoms with Gasteiger partial charge in [0.05, 0.1) is 5.60 Å². The number of aliphatic hydroxyl groups is 2. The van der Waals surface area contributed by atoms with E-state index in [1.54, 1.807) is 0 Å². The van der Waals surface area contributed by atoms with E-state index in [2.05, 4.69) is 76.2 Å². The number of unbranched alkanes of at least 4 members (excludes halogenated alkanes) is 1. The summed E-state index contributed by atoms with van der Waals surface area (Å²) in [6, 6.07) is 10.1. The molecule has 0 fully saturated rings. The fourth-order valence-electron chi connectivity index (χ4n) is 6.46. The van der Waals surface area contributed by atoms with Crippen LogP contribution in [0.25, 0.3) is 0 Å². The van der Waals surface area contributed by atoms with Crippen molar-refractivity contribution < 1.29 is 24.9 Å². The minimum absolute atomic E-state index is 0.428. The molecule has 5 nitrogen and oxygen atoms in total. The van der Waals surface area contributed by atoms with Crippen LogP contribution in [-0.2, 0) is 5.60 Å². The molecule has 0 spiro atoms. The number of hydrogen-bond acceptors (Lipinski definition) is 5. The maximum Gasteiger partial charge on any atom is 0.324 e. The first kappa shape index (κ1) is 32.5. The van der Waals surface area contributed by atoms with Gasteiger partial charge in [-0.15, -0.1) is 0 Å². The first-order valence-electron chi connectivity index (χ1n) is 12.1. The highest BCUT2D eigenvalue weighted by Crippen LogP contribution is 2.67. The van der Waals surface area contributed by atoms with Gasteiger partial charge in [0.1, 0.15) is 5.60 Å². The molecular formula is C27H51O5P. The Bertz CT molecular complexity index is 683. The standard InChI is InChI=1S/C27H48O2.H3O3P/c1-12-14-20-25(13-2,27(29,23(6,7)8)24(9,10)11)26(28,22(3,4)5)21-18-16-15-17-19-21;1-4(2)3/h15-19,28-29H,12-14,20H2,1-11H3;1-3H. The summed E-state index contributed by atoms with van der Waals surface area (Å²) in [5.74, 6) is 0. The Labute approximate surface area is 204 Å². The quantitative estimate of drug-likeness (QED) is 0.282. The van der Waals surface area contributed by atoms with E-state index in [-0.39, 0.29) is 0 Å². The van der Waals surface area contributed by atoms with E-state index >= 15 is 0 Å². The van der Waals surface area contributed by atoms with Gasteiger partial charge in [0.2, 0.25) is 0 Å². The molecule has 2 atom stereocenters.